The van der Waals surface area contributed by atoms with Crippen molar-refractivity contribution in [2.24, 2.45) is 0 Å². The molecule has 0 aliphatic heterocycles. The van der Waals surface area contributed by atoms with Crippen molar-refractivity contribution in [1.82, 2.24) is 15.2 Å². The van der Waals surface area contributed by atoms with Gasteiger partial charge in [-0.3, -0.25) is 15.2 Å². The van der Waals surface area contributed by atoms with E-state index in [4.69, 9.17) is 9.47 Å². The van der Waals surface area contributed by atoms with Gasteiger partial charge in [0.1, 0.15) is 5.69 Å². The Kier molecular flexibility index (Phi) is 4.34. The van der Waals surface area contributed by atoms with Crippen LogP contribution in [0.5, 0.6) is 11.5 Å². The minimum absolute atomic E-state index is 0.253. The minimum Gasteiger partial charge on any atom is -0.493 e. The molecule has 2 N–H and O–H groups in total. The number of nitrogens with one attached hydrogen (secondary N) is 2. The molecule has 1 aliphatic carbocycles. The molecule has 1 amide bonds. The average Bonchev–Trinajstić information content (AvgIpc) is 3.36. The molecule has 3 aromatic rings. The summed E-state index contributed by atoms with van der Waals surface area (Å²) >= 11 is 1.55. The first-order valence-electron chi connectivity index (χ1n) is 8.25. The number of methoxy groups -OCH3 is 2. The zero-order chi connectivity index (χ0) is 18.1. The van der Waals surface area contributed by atoms with Gasteiger partial charge in [0.2, 0.25) is 0 Å². The van der Waals surface area contributed by atoms with E-state index in [-0.39, 0.29) is 5.91 Å². The molecule has 0 unspecified atom stereocenters. The largest absolute Gasteiger partial charge is 0.493 e. The number of aromatic nitrogens is 3. The molecule has 0 bridgehead atoms. The van der Waals surface area contributed by atoms with Crippen LogP contribution in [-0.4, -0.2) is 35.3 Å². The number of hydrogen-bond acceptors (Lipinski definition) is 6. The lowest BCUT2D eigenvalue weighted by molar-refractivity contribution is 0.102. The van der Waals surface area contributed by atoms with Crippen molar-refractivity contribution in [3.63, 3.8) is 0 Å². The van der Waals surface area contributed by atoms with E-state index in [2.05, 4.69) is 20.5 Å². The third kappa shape index (κ3) is 3.03. The van der Waals surface area contributed by atoms with Gasteiger partial charge in [0, 0.05) is 10.4 Å². The fourth-order valence-electron chi connectivity index (χ4n) is 2.99. The molecule has 1 aromatic carbocycles. The van der Waals surface area contributed by atoms with Gasteiger partial charge in [0.05, 0.1) is 25.6 Å². The standard InChI is InChI=1S/C18H18N4O3S/c1-24-14-7-6-10(8-15(14)25-2)12-9-13(22-21-12)17(23)20-18-19-11-4-3-5-16(11)26-18/h6-9H,3-5H2,1-2H3,(H,21,22)(H,19,20,23). The summed E-state index contributed by atoms with van der Waals surface area (Å²) in [5.74, 6) is 0.995. The van der Waals surface area contributed by atoms with Crippen LogP contribution in [0.2, 0.25) is 0 Å². The molecule has 0 saturated heterocycles. The molecule has 4 rings (SSSR count). The number of thiazole rings is 1. The number of ether oxygens (including phenoxy) is 2. The number of hydrogen-bond donors (Lipinski definition) is 2. The quantitative estimate of drug-likeness (QED) is 0.719. The lowest BCUT2D eigenvalue weighted by Crippen LogP contribution is -2.12. The Balaban J connectivity index is 1.52. The van der Waals surface area contributed by atoms with Gasteiger partial charge < -0.3 is 9.47 Å². The van der Waals surface area contributed by atoms with E-state index in [9.17, 15) is 4.79 Å². The Morgan fingerprint density at radius 3 is 2.81 bits per heavy atom. The molecule has 0 spiro atoms. The summed E-state index contributed by atoms with van der Waals surface area (Å²) in [6, 6.07) is 7.20. The van der Waals surface area contributed by atoms with Gasteiger partial charge in [0.15, 0.2) is 16.6 Å². The van der Waals surface area contributed by atoms with Crippen molar-refractivity contribution in [1.29, 1.82) is 0 Å². The number of fused-ring (bicyclic) bond motifs is 1. The smallest absolute Gasteiger partial charge is 0.275 e. The van der Waals surface area contributed by atoms with E-state index in [1.807, 2.05) is 12.1 Å². The molecule has 0 fully saturated rings. The summed E-state index contributed by atoms with van der Waals surface area (Å²) in [5.41, 5.74) is 2.97. The second-order valence-corrected chi connectivity index (χ2v) is 7.02. The molecule has 2 heterocycles. The Hall–Kier alpha value is -2.87. The number of carbonyl (C=O) groups is 1. The molecule has 134 valence electrons. The summed E-state index contributed by atoms with van der Waals surface area (Å²) in [6.45, 7) is 0. The van der Waals surface area contributed by atoms with Crippen molar-refractivity contribution in [2.75, 3.05) is 19.5 Å². The van der Waals surface area contributed by atoms with Gasteiger partial charge in [0.25, 0.3) is 5.91 Å². The lowest BCUT2D eigenvalue weighted by atomic mass is 10.1. The lowest BCUT2D eigenvalue weighted by Gasteiger charge is -2.08. The molecule has 1 aliphatic rings. The topological polar surface area (TPSA) is 89.1 Å². The summed E-state index contributed by atoms with van der Waals surface area (Å²) in [5, 5.41) is 10.5. The highest BCUT2D eigenvalue weighted by Crippen LogP contribution is 2.32. The molecule has 7 nitrogen and oxygen atoms in total. The first-order chi connectivity index (χ1) is 12.7. The monoisotopic (exact) mass is 370 g/mol. The molecule has 2 aromatic heterocycles. The molecule has 26 heavy (non-hydrogen) atoms. The van der Waals surface area contributed by atoms with Crippen LogP contribution >= 0.6 is 11.3 Å². The predicted molar refractivity (Wildman–Crippen MR) is 99.2 cm³/mol. The number of H-pyrrole nitrogens is 1. The zero-order valence-corrected chi connectivity index (χ0v) is 15.3. The maximum atomic E-state index is 12.4. The van der Waals surface area contributed by atoms with Gasteiger partial charge >= 0.3 is 0 Å². The van der Waals surface area contributed by atoms with Crippen LogP contribution in [0.3, 0.4) is 0 Å². The van der Waals surface area contributed by atoms with E-state index in [0.717, 1.165) is 30.5 Å². The molecule has 0 atom stereocenters. The van der Waals surface area contributed by atoms with E-state index in [0.29, 0.717) is 28.0 Å². The van der Waals surface area contributed by atoms with Crippen molar-refractivity contribution < 1.29 is 14.3 Å². The summed E-state index contributed by atoms with van der Waals surface area (Å²) in [7, 11) is 3.17. The number of nitrogens with zero attached hydrogens (tertiary/aromatic N) is 2. The van der Waals surface area contributed by atoms with E-state index in [1.54, 1.807) is 37.7 Å². The van der Waals surface area contributed by atoms with E-state index < -0.39 is 0 Å². The van der Waals surface area contributed by atoms with Gasteiger partial charge in [-0.2, -0.15) is 5.10 Å². The highest BCUT2D eigenvalue weighted by molar-refractivity contribution is 7.15. The predicted octanol–water partition coefficient (Wildman–Crippen LogP) is 3.29. The fraction of sp³-hybridized carbons (Fsp3) is 0.278. The SMILES string of the molecule is COc1ccc(-c2cc(C(=O)Nc3nc4c(s3)CCC4)[nH]n2)cc1OC. The third-order valence-corrected chi connectivity index (χ3v) is 5.39. The average molecular weight is 370 g/mol. The Morgan fingerprint density at radius 2 is 2.04 bits per heavy atom. The summed E-state index contributed by atoms with van der Waals surface area (Å²) in [4.78, 5) is 18.2. The third-order valence-electron chi connectivity index (χ3n) is 4.32. The van der Waals surface area contributed by atoms with Crippen LogP contribution in [0.1, 0.15) is 27.5 Å². The van der Waals surface area contributed by atoms with Crippen molar-refractivity contribution >= 4 is 22.4 Å². The van der Waals surface area contributed by atoms with Gasteiger partial charge in [-0.25, -0.2) is 4.98 Å². The molecule has 0 radical (unpaired) electrons. The Bertz CT molecular complexity index is 942. The van der Waals surface area contributed by atoms with Crippen LogP contribution in [0.25, 0.3) is 11.3 Å². The highest BCUT2D eigenvalue weighted by atomic mass is 32.1. The second kappa shape index (κ2) is 6.80. The van der Waals surface area contributed by atoms with E-state index >= 15 is 0 Å². The Morgan fingerprint density at radius 1 is 1.19 bits per heavy atom. The van der Waals surface area contributed by atoms with Crippen molar-refractivity contribution in [3.05, 3.63) is 40.5 Å². The number of aryl methyl sites for hydroxylation is 2. The first kappa shape index (κ1) is 16.6. The minimum atomic E-state index is -0.253. The fourth-order valence-corrected chi connectivity index (χ4v) is 4.03. The Labute approximate surface area is 154 Å². The number of amides is 1. The maximum Gasteiger partial charge on any atom is 0.275 e. The number of benzene rings is 1. The number of aromatic amines is 1. The summed E-state index contributed by atoms with van der Waals surface area (Å²) in [6.07, 6.45) is 3.20. The summed E-state index contributed by atoms with van der Waals surface area (Å²) < 4.78 is 10.6. The van der Waals surface area contributed by atoms with Crippen LogP contribution < -0.4 is 14.8 Å². The van der Waals surface area contributed by atoms with Crippen molar-refractivity contribution in [2.45, 2.75) is 19.3 Å². The molecule has 8 heteroatoms. The normalized spacial score (nSPS) is 12.7. The zero-order valence-electron chi connectivity index (χ0n) is 14.5. The molecular formula is C18H18N4O3S. The van der Waals surface area contributed by atoms with Gasteiger partial charge in [-0.15, -0.1) is 11.3 Å². The van der Waals surface area contributed by atoms with Crippen LogP contribution in [0.4, 0.5) is 5.13 Å². The molecule has 0 saturated carbocycles. The highest BCUT2D eigenvalue weighted by Gasteiger charge is 2.19. The number of rotatable bonds is 5. The van der Waals surface area contributed by atoms with Crippen molar-refractivity contribution in [3.8, 4) is 22.8 Å². The maximum absolute atomic E-state index is 12.4. The van der Waals surface area contributed by atoms with Gasteiger partial charge in [-0.05, 0) is 43.5 Å². The second-order valence-electron chi connectivity index (χ2n) is 5.93. The first-order valence-corrected chi connectivity index (χ1v) is 9.07. The van der Waals surface area contributed by atoms with Crippen LogP contribution in [0, 0.1) is 0 Å². The van der Waals surface area contributed by atoms with Crippen LogP contribution in [0.15, 0.2) is 24.3 Å². The van der Waals surface area contributed by atoms with Gasteiger partial charge in [-0.1, -0.05) is 0 Å². The van der Waals surface area contributed by atoms with Crippen LogP contribution in [-0.2, 0) is 12.8 Å². The molecular weight excluding hydrogens is 352 g/mol. The van der Waals surface area contributed by atoms with E-state index in [1.165, 1.54) is 4.88 Å². The number of anilines is 1. The number of carbonyl (C=O) groups excluding carboxylic acids is 1.